The SMILES string of the molecule is CN(Cc1cccc(Cl)c1)C(=O)[C@@H]1CC[C@H](CN)O1. The number of carbonyl (C=O) groups excluding carboxylic acids is 1. The van der Waals surface area contributed by atoms with Crippen LogP contribution >= 0.6 is 11.6 Å². The molecular formula is C14H19ClN2O2. The second-order valence-electron chi connectivity index (χ2n) is 4.88. The molecule has 1 saturated heterocycles. The third kappa shape index (κ3) is 3.69. The molecule has 0 aliphatic carbocycles. The van der Waals surface area contributed by atoms with Crippen molar-refractivity contribution in [2.75, 3.05) is 13.6 Å². The molecule has 0 aromatic heterocycles. The van der Waals surface area contributed by atoms with Gasteiger partial charge in [-0.15, -0.1) is 0 Å². The van der Waals surface area contributed by atoms with Crippen molar-refractivity contribution in [1.29, 1.82) is 0 Å². The van der Waals surface area contributed by atoms with E-state index in [9.17, 15) is 4.79 Å². The number of carbonyl (C=O) groups is 1. The van der Waals surface area contributed by atoms with Gasteiger partial charge < -0.3 is 15.4 Å². The van der Waals surface area contributed by atoms with Crippen LogP contribution < -0.4 is 5.73 Å². The Kier molecular flexibility index (Phi) is 4.80. The summed E-state index contributed by atoms with van der Waals surface area (Å²) >= 11 is 5.93. The van der Waals surface area contributed by atoms with Crippen LogP contribution in [-0.4, -0.2) is 36.6 Å². The predicted molar refractivity (Wildman–Crippen MR) is 74.9 cm³/mol. The summed E-state index contributed by atoms with van der Waals surface area (Å²) in [6, 6.07) is 7.52. The summed E-state index contributed by atoms with van der Waals surface area (Å²) in [5.74, 6) is 0.0101. The van der Waals surface area contributed by atoms with E-state index in [0.717, 1.165) is 18.4 Å². The lowest BCUT2D eigenvalue weighted by atomic mass is 10.1. The largest absolute Gasteiger partial charge is 0.364 e. The van der Waals surface area contributed by atoms with Gasteiger partial charge in [-0.2, -0.15) is 0 Å². The zero-order chi connectivity index (χ0) is 13.8. The van der Waals surface area contributed by atoms with Crippen LogP contribution in [0.2, 0.25) is 5.02 Å². The van der Waals surface area contributed by atoms with Crippen LogP contribution in [0.15, 0.2) is 24.3 Å². The molecule has 1 fully saturated rings. The molecule has 0 bridgehead atoms. The second kappa shape index (κ2) is 6.37. The number of benzene rings is 1. The molecule has 2 atom stereocenters. The maximum Gasteiger partial charge on any atom is 0.251 e. The van der Waals surface area contributed by atoms with Crippen molar-refractivity contribution >= 4 is 17.5 Å². The monoisotopic (exact) mass is 282 g/mol. The Labute approximate surface area is 118 Å². The minimum Gasteiger partial charge on any atom is -0.364 e. The van der Waals surface area contributed by atoms with E-state index < -0.39 is 0 Å². The number of likely N-dealkylation sites (N-methyl/N-ethyl adjacent to an activating group) is 1. The standard InChI is InChI=1S/C14H19ClN2O2/c1-17(9-10-3-2-4-11(15)7-10)14(18)13-6-5-12(8-16)19-13/h2-4,7,12-13H,5-6,8-9,16H2,1H3/t12-,13+/m1/s1. The molecule has 2 rings (SSSR count). The molecule has 1 aliphatic rings. The summed E-state index contributed by atoms with van der Waals surface area (Å²) in [6.45, 7) is 1.01. The Morgan fingerprint density at radius 2 is 2.32 bits per heavy atom. The molecule has 5 heteroatoms. The summed E-state index contributed by atoms with van der Waals surface area (Å²) in [6.07, 6.45) is 1.28. The van der Waals surface area contributed by atoms with Gasteiger partial charge in [0.15, 0.2) is 0 Å². The van der Waals surface area contributed by atoms with Crippen LogP contribution in [0.4, 0.5) is 0 Å². The molecule has 1 aromatic rings. The molecule has 0 radical (unpaired) electrons. The Morgan fingerprint density at radius 3 is 2.95 bits per heavy atom. The number of halogens is 1. The summed E-state index contributed by atoms with van der Waals surface area (Å²) < 4.78 is 5.61. The van der Waals surface area contributed by atoms with Crippen LogP contribution in [0.1, 0.15) is 18.4 Å². The first-order valence-electron chi connectivity index (χ1n) is 6.45. The van der Waals surface area contributed by atoms with Gasteiger partial charge in [0.05, 0.1) is 6.10 Å². The van der Waals surface area contributed by atoms with Crippen molar-refractivity contribution < 1.29 is 9.53 Å². The van der Waals surface area contributed by atoms with E-state index in [-0.39, 0.29) is 18.1 Å². The Balaban J connectivity index is 1.93. The van der Waals surface area contributed by atoms with E-state index in [2.05, 4.69) is 0 Å². The van der Waals surface area contributed by atoms with Crippen molar-refractivity contribution in [3.8, 4) is 0 Å². The van der Waals surface area contributed by atoms with Crippen molar-refractivity contribution in [2.24, 2.45) is 5.73 Å². The van der Waals surface area contributed by atoms with E-state index >= 15 is 0 Å². The molecule has 2 N–H and O–H groups in total. The molecule has 1 aromatic carbocycles. The van der Waals surface area contributed by atoms with Gasteiger partial charge >= 0.3 is 0 Å². The second-order valence-corrected chi connectivity index (χ2v) is 5.32. The fourth-order valence-electron chi connectivity index (χ4n) is 2.29. The van der Waals surface area contributed by atoms with E-state index in [0.29, 0.717) is 18.1 Å². The molecule has 1 amide bonds. The summed E-state index contributed by atoms with van der Waals surface area (Å²) in [4.78, 5) is 13.9. The minimum atomic E-state index is -0.349. The normalized spacial score (nSPS) is 22.5. The molecule has 1 heterocycles. The van der Waals surface area contributed by atoms with Gasteiger partial charge in [0, 0.05) is 25.2 Å². The Hall–Kier alpha value is -1.10. The highest BCUT2D eigenvalue weighted by molar-refractivity contribution is 6.30. The van der Waals surface area contributed by atoms with Gasteiger partial charge in [-0.3, -0.25) is 4.79 Å². The maximum atomic E-state index is 12.2. The molecule has 4 nitrogen and oxygen atoms in total. The summed E-state index contributed by atoms with van der Waals surface area (Å²) in [5.41, 5.74) is 6.56. The summed E-state index contributed by atoms with van der Waals surface area (Å²) in [5, 5.41) is 0.679. The lowest BCUT2D eigenvalue weighted by Crippen LogP contribution is -2.36. The van der Waals surface area contributed by atoms with Crippen LogP contribution in [0, 0.1) is 0 Å². The average Bonchev–Trinajstić information content (AvgIpc) is 2.86. The Morgan fingerprint density at radius 1 is 1.53 bits per heavy atom. The third-order valence-electron chi connectivity index (χ3n) is 3.33. The first-order chi connectivity index (χ1) is 9.10. The maximum absolute atomic E-state index is 12.2. The van der Waals surface area contributed by atoms with Gasteiger partial charge in [0.1, 0.15) is 6.10 Å². The molecule has 0 saturated carbocycles. The number of nitrogens with zero attached hydrogens (tertiary/aromatic N) is 1. The number of hydrogen-bond donors (Lipinski definition) is 1. The molecule has 0 spiro atoms. The molecule has 0 unspecified atom stereocenters. The average molecular weight is 283 g/mol. The van der Waals surface area contributed by atoms with Gasteiger partial charge in [0.25, 0.3) is 5.91 Å². The number of rotatable bonds is 4. The highest BCUT2D eigenvalue weighted by Crippen LogP contribution is 2.21. The lowest BCUT2D eigenvalue weighted by molar-refractivity contribution is -0.141. The first kappa shape index (κ1) is 14.3. The molecule has 1 aliphatic heterocycles. The van der Waals surface area contributed by atoms with Crippen LogP contribution in [0.5, 0.6) is 0 Å². The zero-order valence-corrected chi connectivity index (χ0v) is 11.8. The fraction of sp³-hybridized carbons (Fsp3) is 0.500. The topological polar surface area (TPSA) is 55.6 Å². The van der Waals surface area contributed by atoms with Gasteiger partial charge in [-0.05, 0) is 30.5 Å². The first-order valence-corrected chi connectivity index (χ1v) is 6.83. The quantitative estimate of drug-likeness (QED) is 0.916. The van der Waals surface area contributed by atoms with E-state index in [1.54, 1.807) is 11.9 Å². The Bertz CT molecular complexity index is 453. The highest BCUT2D eigenvalue weighted by Gasteiger charge is 2.31. The van der Waals surface area contributed by atoms with E-state index in [1.165, 1.54) is 0 Å². The highest BCUT2D eigenvalue weighted by atomic mass is 35.5. The molecule has 104 valence electrons. The molecule has 19 heavy (non-hydrogen) atoms. The predicted octanol–water partition coefficient (Wildman–Crippen LogP) is 1.80. The number of amides is 1. The van der Waals surface area contributed by atoms with Crippen molar-refractivity contribution in [3.63, 3.8) is 0 Å². The van der Waals surface area contributed by atoms with Gasteiger partial charge in [-0.25, -0.2) is 0 Å². The minimum absolute atomic E-state index is 0.0101. The zero-order valence-electron chi connectivity index (χ0n) is 11.0. The van der Waals surface area contributed by atoms with Gasteiger partial charge in [-0.1, -0.05) is 23.7 Å². The van der Waals surface area contributed by atoms with Crippen molar-refractivity contribution in [2.45, 2.75) is 31.6 Å². The van der Waals surface area contributed by atoms with Crippen molar-refractivity contribution in [3.05, 3.63) is 34.9 Å². The number of hydrogen-bond acceptors (Lipinski definition) is 3. The van der Waals surface area contributed by atoms with Crippen LogP contribution in [0.3, 0.4) is 0 Å². The van der Waals surface area contributed by atoms with E-state index in [1.807, 2.05) is 24.3 Å². The van der Waals surface area contributed by atoms with Crippen molar-refractivity contribution in [1.82, 2.24) is 4.90 Å². The van der Waals surface area contributed by atoms with E-state index in [4.69, 9.17) is 22.1 Å². The smallest absolute Gasteiger partial charge is 0.251 e. The molecular weight excluding hydrogens is 264 g/mol. The van der Waals surface area contributed by atoms with Gasteiger partial charge in [0.2, 0.25) is 0 Å². The third-order valence-corrected chi connectivity index (χ3v) is 3.57. The fourth-order valence-corrected chi connectivity index (χ4v) is 2.51. The number of nitrogens with two attached hydrogens (primary N) is 1. The number of ether oxygens (including phenoxy) is 1. The van der Waals surface area contributed by atoms with Crippen LogP contribution in [0.25, 0.3) is 0 Å². The lowest BCUT2D eigenvalue weighted by Gasteiger charge is -2.21. The van der Waals surface area contributed by atoms with Crippen LogP contribution in [-0.2, 0) is 16.1 Å². The summed E-state index contributed by atoms with van der Waals surface area (Å²) in [7, 11) is 1.78.